The number of sulfonamides is 1. The lowest BCUT2D eigenvalue weighted by Crippen LogP contribution is -2.55. The molecule has 1 aromatic rings. The molecule has 2 aliphatic heterocycles. The number of carboxylic acid groups (broad SMARTS) is 1. The highest BCUT2D eigenvalue weighted by molar-refractivity contribution is 7.89. The lowest BCUT2D eigenvalue weighted by Gasteiger charge is -2.33. The monoisotopic (exact) mass is 577 g/mol. The predicted molar refractivity (Wildman–Crippen MR) is 139 cm³/mol. The summed E-state index contributed by atoms with van der Waals surface area (Å²) in [6.07, 6.45) is 2.35. The maximum atomic E-state index is 13.2. The molecule has 1 unspecified atom stereocenters. The molecule has 11 nitrogen and oxygen atoms in total. The van der Waals surface area contributed by atoms with E-state index in [4.69, 9.17) is 23.2 Å². The van der Waals surface area contributed by atoms with Crippen molar-refractivity contribution < 1.29 is 27.9 Å². The van der Waals surface area contributed by atoms with Crippen LogP contribution in [0.25, 0.3) is 0 Å². The molecular formula is C23H33Cl2N5O6S. The van der Waals surface area contributed by atoms with Crippen LogP contribution in [-0.2, 0) is 19.6 Å². The summed E-state index contributed by atoms with van der Waals surface area (Å²) in [7, 11) is -0.0967. The van der Waals surface area contributed by atoms with Gasteiger partial charge in [0.05, 0.1) is 11.4 Å². The predicted octanol–water partition coefficient (Wildman–Crippen LogP) is 1.70. The van der Waals surface area contributed by atoms with Crippen LogP contribution in [0.2, 0.25) is 10.0 Å². The summed E-state index contributed by atoms with van der Waals surface area (Å²) in [4.78, 5) is 41.0. The van der Waals surface area contributed by atoms with Crippen LogP contribution in [0.4, 0.5) is 4.79 Å². The maximum Gasteiger partial charge on any atom is 0.328 e. The molecule has 2 saturated heterocycles. The quantitative estimate of drug-likeness (QED) is 0.406. The molecule has 3 amide bonds. The van der Waals surface area contributed by atoms with E-state index in [2.05, 4.69) is 15.5 Å². The Hall–Kier alpha value is -2.12. The molecule has 0 aromatic heterocycles. The van der Waals surface area contributed by atoms with Gasteiger partial charge >= 0.3 is 12.0 Å². The molecule has 0 saturated carbocycles. The number of hydrogen-bond donors (Lipinski definition) is 3. The molecule has 2 heterocycles. The number of hydrogen-bond acceptors (Lipinski definition) is 6. The van der Waals surface area contributed by atoms with Crippen molar-refractivity contribution in [1.29, 1.82) is 0 Å². The molecule has 2 aliphatic rings. The first-order valence-corrected chi connectivity index (χ1v) is 14.3. The van der Waals surface area contributed by atoms with Gasteiger partial charge in [-0.05, 0) is 63.9 Å². The lowest BCUT2D eigenvalue weighted by molar-refractivity contribution is -0.142. The van der Waals surface area contributed by atoms with Gasteiger partial charge in [0.2, 0.25) is 15.9 Å². The Kier molecular flexibility index (Phi) is 10.0. The highest BCUT2D eigenvalue weighted by Crippen LogP contribution is 2.30. The Balaban J connectivity index is 1.59. The van der Waals surface area contributed by atoms with Crippen LogP contribution in [-0.4, -0.2) is 104 Å². The van der Waals surface area contributed by atoms with E-state index in [0.29, 0.717) is 25.4 Å². The van der Waals surface area contributed by atoms with Crippen molar-refractivity contribution in [1.82, 2.24) is 24.7 Å². The molecule has 14 heteroatoms. The van der Waals surface area contributed by atoms with Crippen LogP contribution in [0.3, 0.4) is 0 Å². The summed E-state index contributed by atoms with van der Waals surface area (Å²) in [5, 5.41) is 14.9. The van der Waals surface area contributed by atoms with Crippen LogP contribution in [0, 0.1) is 5.92 Å². The van der Waals surface area contributed by atoms with Crippen LogP contribution in [0.15, 0.2) is 23.1 Å². The van der Waals surface area contributed by atoms with Crippen molar-refractivity contribution in [3.63, 3.8) is 0 Å². The number of aliphatic carboxylic acids is 1. The minimum absolute atomic E-state index is 0.0861. The van der Waals surface area contributed by atoms with Gasteiger partial charge in [0.15, 0.2) is 0 Å². The molecule has 37 heavy (non-hydrogen) atoms. The van der Waals surface area contributed by atoms with E-state index in [1.54, 1.807) is 4.90 Å². The Morgan fingerprint density at radius 3 is 2.27 bits per heavy atom. The van der Waals surface area contributed by atoms with Gasteiger partial charge in [-0.15, -0.1) is 0 Å². The number of likely N-dealkylation sites (tertiary alicyclic amines) is 1. The fourth-order valence-corrected chi connectivity index (χ4v) is 7.09. The molecular weight excluding hydrogens is 545 g/mol. The first-order valence-electron chi connectivity index (χ1n) is 12.1. The Morgan fingerprint density at radius 2 is 1.70 bits per heavy atom. The Labute approximate surface area is 227 Å². The zero-order valence-corrected chi connectivity index (χ0v) is 23.2. The molecule has 1 aromatic carbocycles. The van der Waals surface area contributed by atoms with E-state index in [1.807, 2.05) is 14.1 Å². The number of carbonyl (C=O) groups excluding carboxylic acids is 2. The summed E-state index contributed by atoms with van der Waals surface area (Å²) < 4.78 is 27.4. The lowest BCUT2D eigenvalue weighted by atomic mass is 9.97. The van der Waals surface area contributed by atoms with Gasteiger partial charge in [0.1, 0.15) is 12.1 Å². The van der Waals surface area contributed by atoms with E-state index in [-0.39, 0.29) is 34.5 Å². The SMILES string of the molecule is CN(C)CC1CCN(C(=O)NCC(NC(=O)[C@@H]2CCCN2S(=O)(=O)c2cc(Cl)cc(Cl)c2)C(=O)O)CC1. The van der Waals surface area contributed by atoms with E-state index in [0.717, 1.165) is 23.7 Å². The van der Waals surface area contributed by atoms with Gasteiger partial charge in [-0.1, -0.05) is 23.2 Å². The van der Waals surface area contributed by atoms with Crippen molar-refractivity contribution in [3.05, 3.63) is 28.2 Å². The van der Waals surface area contributed by atoms with Crippen molar-refractivity contribution in [2.75, 3.05) is 46.8 Å². The highest BCUT2D eigenvalue weighted by Gasteiger charge is 2.41. The van der Waals surface area contributed by atoms with E-state index >= 15 is 0 Å². The number of carbonyl (C=O) groups is 3. The minimum atomic E-state index is -4.11. The Morgan fingerprint density at radius 1 is 1.08 bits per heavy atom. The second kappa shape index (κ2) is 12.6. The molecule has 0 aliphatic carbocycles. The maximum absolute atomic E-state index is 13.2. The zero-order chi connectivity index (χ0) is 27.3. The summed E-state index contributed by atoms with van der Waals surface area (Å²) in [6.45, 7) is 1.83. The van der Waals surface area contributed by atoms with Crippen LogP contribution < -0.4 is 10.6 Å². The molecule has 3 rings (SSSR count). The van der Waals surface area contributed by atoms with Crippen molar-refractivity contribution in [2.45, 2.75) is 42.7 Å². The van der Waals surface area contributed by atoms with Crippen LogP contribution >= 0.6 is 23.2 Å². The first kappa shape index (κ1) is 29.4. The number of halogens is 2. The molecule has 0 spiro atoms. The standard InChI is InChI=1S/C23H33Cl2N5O6S/c1-28(2)14-15-5-8-29(9-6-15)23(34)26-13-19(22(32)33)27-21(31)20-4-3-7-30(20)37(35,36)18-11-16(24)10-17(25)12-18/h10-12,15,19-20H,3-9,13-14H2,1-2H3,(H,26,34)(H,27,31)(H,32,33)/t19?,20-/m0/s1. The third kappa shape index (κ3) is 7.70. The fraction of sp³-hybridized carbons (Fsp3) is 0.609. The second-order valence-electron chi connectivity index (χ2n) is 9.66. The second-order valence-corrected chi connectivity index (χ2v) is 12.4. The first-order chi connectivity index (χ1) is 17.4. The Bertz CT molecular complexity index is 1090. The average molecular weight is 579 g/mol. The molecule has 0 bridgehead atoms. The zero-order valence-electron chi connectivity index (χ0n) is 20.8. The largest absolute Gasteiger partial charge is 0.480 e. The van der Waals surface area contributed by atoms with Gasteiger partial charge in [-0.2, -0.15) is 4.31 Å². The number of nitrogens with one attached hydrogen (secondary N) is 2. The average Bonchev–Trinajstić information content (AvgIpc) is 3.32. The number of carboxylic acids is 1. The third-order valence-electron chi connectivity index (χ3n) is 6.55. The number of piperidine rings is 1. The van der Waals surface area contributed by atoms with Gasteiger partial charge < -0.3 is 25.5 Å². The summed E-state index contributed by atoms with van der Waals surface area (Å²) in [5.74, 6) is -1.59. The molecule has 0 radical (unpaired) electrons. The minimum Gasteiger partial charge on any atom is -0.480 e. The van der Waals surface area contributed by atoms with E-state index < -0.39 is 40.0 Å². The highest BCUT2D eigenvalue weighted by atomic mass is 35.5. The van der Waals surface area contributed by atoms with Crippen LogP contribution in [0.1, 0.15) is 25.7 Å². The van der Waals surface area contributed by atoms with Crippen molar-refractivity contribution in [2.24, 2.45) is 5.92 Å². The number of rotatable bonds is 9. The van der Waals surface area contributed by atoms with Gasteiger partial charge in [-0.3, -0.25) is 4.79 Å². The smallest absolute Gasteiger partial charge is 0.328 e. The van der Waals surface area contributed by atoms with Crippen molar-refractivity contribution >= 4 is 51.1 Å². The van der Waals surface area contributed by atoms with Crippen LogP contribution in [0.5, 0.6) is 0 Å². The molecule has 2 fully saturated rings. The fourth-order valence-electron chi connectivity index (χ4n) is 4.71. The van der Waals surface area contributed by atoms with E-state index in [9.17, 15) is 27.9 Å². The molecule has 3 N–H and O–H groups in total. The topological polar surface area (TPSA) is 139 Å². The summed E-state index contributed by atoms with van der Waals surface area (Å²) >= 11 is 11.9. The molecule has 206 valence electrons. The van der Waals surface area contributed by atoms with Crippen molar-refractivity contribution in [3.8, 4) is 0 Å². The number of benzene rings is 1. The van der Waals surface area contributed by atoms with Gasteiger partial charge in [0, 0.05) is 36.2 Å². The summed E-state index contributed by atoms with van der Waals surface area (Å²) in [6, 6.07) is 0.967. The number of amides is 3. The number of urea groups is 1. The molecule has 2 atom stereocenters. The summed E-state index contributed by atoms with van der Waals surface area (Å²) in [5.41, 5.74) is 0. The van der Waals surface area contributed by atoms with E-state index in [1.165, 1.54) is 18.2 Å². The van der Waals surface area contributed by atoms with Gasteiger partial charge in [0.25, 0.3) is 0 Å². The normalized spacial score (nSPS) is 20.1. The van der Waals surface area contributed by atoms with Gasteiger partial charge in [-0.25, -0.2) is 18.0 Å². The third-order valence-corrected chi connectivity index (χ3v) is 8.87. The number of nitrogens with zero attached hydrogens (tertiary/aromatic N) is 3.